The molecule has 7 heteroatoms. The van der Waals surface area contributed by atoms with Crippen LogP contribution in [0, 0.1) is 11.7 Å². The molecule has 1 heterocycles. The van der Waals surface area contributed by atoms with Gasteiger partial charge in [0.05, 0.1) is 0 Å². The van der Waals surface area contributed by atoms with E-state index in [1.165, 1.54) is 24.3 Å². The summed E-state index contributed by atoms with van der Waals surface area (Å²) in [7, 11) is 0. The Morgan fingerprint density at radius 3 is 2.46 bits per heavy atom. The highest BCUT2D eigenvalue weighted by molar-refractivity contribution is 6.09. The van der Waals surface area contributed by atoms with Gasteiger partial charge in [0, 0.05) is 6.54 Å². The molecule has 0 bridgehead atoms. The second-order valence-corrected chi connectivity index (χ2v) is 6.29. The summed E-state index contributed by atoms with van der Waals surface area (Å²) in [6.07, 6.45) is 0.299. The summed E-state index contributed by atoms with van der Waals surface area (Å²) >= 11 is 0. The number of rotatable bonds is 6. The topological polar surface area (TPSA) is 78.5 Å². The molecule has 1 aromatic carbocycles. The molecule has 1 fully saturated rings. The molecular formula is C17H22FN3O3. The lowest BCUT2D eigenvalue weighted by Crippen LogP contribution is -2.45. The highest BCUT2D eigenvalue weighted by Crippen LogP contribution is 2.32. The molecule has 0 radical (unpaired) electrons. The third-order valence-electron chi connectivity index (χ3n) is 4.05. The van der Waals surface area contributed by atoms with Crippen LogP contribution in [-0.4, -0.2) is 35.8 Å². The van der Waals surface area contributed by atoms with Gasteiger partial charge in [-0.1, -0.05) is 32.9 Å². The first-order chi connectivity index (χ1) is 11.3. The van der Waals surface area contributed by atoms with Crippen molar-refractivity contribution in [1.29, 1.82) is 0 Å². The van der Waals surface area contributed by atoms with Crippen LogP contribution in [0.25, 0.3) is 0 Å². The molecule has 4 amide bonds. The highest BCUT2D eigenvalue weighted by Gasteiger charge is 2.51. The van der Waals surface area contributed by atoms with Gasteiger partial charge in [-0.3, -0.25) is 14.5 Å². The van der Waals surface area contributed by atoms with Gasteiger partial charge in [0.15, 0.2) is 0 Å². The van der Waals surface area contributed by atoms with Crippen molar-refractivity contribution < 1.29 is 18.8 Å². The molecule has 1 aliphatic heterocycles. The maximum absolute atomic E-state index is 13.1. The second kappa shape index (κ2) is 6.98. The fraction of sp³-hybridized carbons (Fsp3) is 0.471. The Morgan fingerprint density at radius 1 is 1.29 bits per heavy atom. The summed E-state index contributed by atoms with van der Waals surface area (Å²) in [6, 6.07) is 4.80. The third kappa shape index (κ3) is 3.39. The smallest absolute Gasteiger partial charge is 0.325 e. The van der Waals surface area contributed by atoms with Crippen LogP contribution in [0.5, 0.6) is 0 Å². The van der Waals surface area contributed by atoms with E-state index in [0.29, 0.717) is 18.5 Å². The van der Waals surface area contributed by atoms with E-state index in [1.807, 2.05) is 13.8 Å². The molecule has 6 nitrogen and oxygen atoms in total. The van der Waals surface area contributed by atoms with Crippen molar-refractivity contribution in [3.8, 4) is 0 Å². The fourth-order valence-electron chi connectivity index (χ4n) is 2.66. The SMILES string of the molecule is CC[C@]1(c2ccc(F)cc2)NC(=O)N(CC(=O)NCC(C)C)C1=O. The van der Waals surface area contributed by atoms with E-state index in [9.17, 15) is 18.8 Å². The number of nitrogens with zero attached hydrogens (tertiary/aromatic N) is 1. The van der Waals surface area contributed by atoms with Crippen molar-refractivity contribution in [2.45, 2.75) is 32.7 Å². The molecule has 1 atom stereocenters. The van der Waals surface area contributed by atoms with Gasteiger partial charge in [0.2, 0.25) is 5.91 Å². The van der Waals surface area contributed by atoms with Crippen LogP contribution in [0.4, 0.5) is 9.18 Å². The van der Waals surface area contributed by atoms with E-state index in [4.69, 9.17) is 0 Å². The van der Waals surface area contributed by atoms with Crippen molar-refractivity contribution in [1.82, 2.24) is 15.5 Å². The lowest BCUT2D eigenvalue weighted by atomic mass is 9.87. The van der Waals surface area contributed by atoms with E-state index in [-0.39, 0.29) is 12.5 Å². The van der Waals surface area contributed by atoms with Crippen LogP contribution in [0.1, 0.15) is 32.8 Å². The molecule has 130 valence electrons. The summed E-state index contributed by atoms with van der Waals surface area (Å²) in [5, 5.41) is 5.34. The normalized spacial score (nSPS) is 20.5. The summed E-state index contributed by atoms with van der Waals surface area (Å²) < 4.78 is 13.1. The molecule has 1 aromatic rings. The van der Waals surface area contributed by atoms with Gasteiger partial charge in [-0.15, -0.1) is 0 Å². The number of urea groups is 1. The average molecular weight is 335 g/mol. The van der Waals surface area contributed by atoms with E-state index in [0.717, 1.165) is 4.90 Å². The number of carbonyl (C=O) groups is 3. The third-order valence-corrected chi connectivity index (χ3v) is 4.05. The summed E-state index contributed by atoms with van der Waals surface area (Å²) in [5.74, 6) is -1.04. The highest BCUT2D eigenvalue weighted by atomic mass is 19.1. The number of benzene rings is 1. The molecule has 0 saturated carbocycles. The van der Waals surface area contributed by atoms with Crippen LogP contribution >= 0.6 is 0 Å². The Kier molecular flexibility index (Phi) is 5.21. The minimum absolute atomic E-state index is 0.269. The number of carbonyl (C=O) groups excluding carboxylic acids is 3. The molecule has 0 unspecified atom stereocenters. The Labute approximate surface area is 140 Å². The Morgan fingerprint density at radius 2 is 1.92 bits per heavy atom. The number of amides is 4. The summed E-state index contributed by atoms with van der Waals surface area (Å²) in [6.45, 7) is 5.79. The van der Waals surface area contributed by atoms with Crippen LogP contribution in [-0.2, 0) is 15.1 Å². The van der Waals surface area contributed by atoms with Gasteiger partial charge in [0.25, 0.3) is 5.91 Å². The molecule has 1 saturated heterocycles. The first-order valence-corrected chi connectivity index (χ1v) is 7.97. The standard InChI is InChI=1S/C17H22FN3O3/c1-4-17(12-5-7-13(18)8-6-12)15(23)21(16(24)20-17)10-14(22)19-9-11(2)3/h5-8,11H,4,9-10H2,1-3H3,(H,19,22)(H,20,24)/t17-/m1/s1. The zero-order valence-corrected chi connectivity index (χ0v) is 14.1. The van der Waals surface area contributed by atoms with E-state index in [2.05, 4.69) is 10.6 Å². The van der Waals surface area contributed by atoms with E-state index in [1.54, 1.807) is 6.92 Å². The van der Waals surface area contributed by atoms with Crippen molar-refractivity contribution in [2.75, 3.05) is 13.1 Å². The first kappa shape index (κ1) is 17.9. The Balaban J connectivity index is 2.19. The van der Waals surface area contributed by atoms with E-state index >= 15 is 0 Å². The molecule has 24 heavy (non-hydrogen) atoms. The zero-order chi connectivity index (χ0) is 17.9. The van der Waals surface area contributed by atoms with Crippen molar-refractivity contribution >= 4 is 17.8 Å². The fourth-order valence-corrected chi connectivity index (χ4v) is 2.66. The maximum atomic E-state index is 13.1. The maximum Gasteiger partial charge on any atom is 0.325 e. The number of imide groups is 1. The van der Waals surface area contributed by atoms with Gasteiger partial charge < -0.3 is 10.6 Å². The van der Waals surface area contributed by atoms with Gasteiger partial charge in [-0.2, -0.15) is 0 Å². The molecule has 0 spiro atoms. The molecular weight excluding hydrogens is 313 g/mol. The van der Waals surface area contributed by atoms with Gasteiger partial charge in [-0.25, -0.2) is 9.18 Å². The van der Waals surface area contributed by atoms with E-state index < -0.39 is 29.2 Å². The Bertz CT molecular complexity index is 645. The number of hydrogen-bond acceptors (Lipinski definition) is 3. The lowest BCUT2D eigenvalue weighted by molar-refractivity contribution is -0.135. The van der Waals surface area contributed by atoms with Crippen molar-refractivity contribution in [3.05, 3.63) is 35.6 Å². The molecule has 2 N–H and O–H groups in total. The minimum Gasteiger partial charge on any atom is -0.354 e. The van der Waals surface area contributed by atoms with Crippen LogP contribution in [0.3, 0.4) is 0 Å². The predicted molar refractivity (Wildman–Crippen MR) is 86.5 cm³/mol. The second-order valence-electron chi connectivity index (χ2n) is 6.29. The lowest BCUT2D eigenvalue weighted by Gasteiger charge is -2.25. The molecule has 0 aliphatic carbocycles. The molecule has 2 rings (SSSR count). The predicted octanol–water partition coefficient (Wildman–Crippen LogP) is 1.75. The number of halogens is 1. The van der Waals surface area contributed by atoms with Crippen LogP contribution in [0.15, 0.2) is 24.3 Å². The van der Waals surface area contributed by atoms with Crippen molar-refractivity contribution in [3.63, 3.8) is 0 Å². The minimum atomic E-state index is -1.26. The van der Waals surface area contributed by atoms with Gasteiger partial charge in [0.1, 0.15) is 17.9 Å². The number of nitrogens with one attached hydrogen (secondary N) is 2. The number of hydrogen-bond donors (Lipinski definition) is 2. The quantitative estimate of drug-likeness (QED) is 0.778. The summed E-state index contributed by atoms with van der Waals surface area (Å²) in [5.41, 5.74) is -0.766. The zero-order valence-electron chi connectivity index (χ0n) is 14.1. The average Bonchev–Trinajstić information content (AvgIpc) is 2.78. The van der Waals surface area contributed by atoms with Crippen molar-refractivity contribution in [2.24, 2.45) is 5.92 Å². The van der Waals surface area contributed by atoms with Gasteiger partial charge in [-0.05, 0) is 30.0 Å². The van der Waals surface area contributed by atoms with Gasteiger partial charge >= 0.3 is 6.03 Å². The monoisotopic (exact) mass is 335 g/mol. The molecule has 0 aromatic heterocycles. The van der Waals surface area contributed by atoms with Crippen LogP contribution in [0.2, 0.25) is 0 Å². The Hall–Kier alpha value is -2.44. The largest absolute Gasteiger partial charge is 0.354 e. The first-order valence-electron chi connectivity index (χ1n) is 7.97. The molecule has 1 aliphatic rings. The van der Waals surface area contributed by atoms with Crippen LogP contribution < -0.4 is 10.6 Å². The summed E-state index contributed by atoms with van der Waals surface area (Å²) in [4.78, 5) is 37.9.